The number of carbonyl (C=O) groups is 2. The molecule has 1 atom stereocenters. The van der Waals surface area contributed by atoms with Gasteiger partial charge in [0.1, 0.15) is 0 Å². The van der Waals surface area contributed by atoms with Crippen molar-refractivity contribution in [3.63, 3.8) is 0 Å². The summed E-state index contributed by atoms with van der Waals surface area (Å²) >= 11 is 3.01. The Balaban J connectivity index is 1.52. The molecule has 0 spiro atoms. The molecule has 1 unspecified atom stereocenters. The summed E-state index contributed by atoms with van der Waals surface area (Å²) in [6.07, 6.45) is 2.59. The molecule has 0 bridgehead atoms. The summed E-state index contributed by atoms with van der Waals surface area (Å²) in [7, 11) is 0. The van der Waals surface area contributed by atoms with E-state index in [4.69, 9.17) is 0 Å². The van der Waals surface area contributed by atoms with Crippen LogP contribution in [0.3, 0.4) is 0 Å². The molecule has 6 nitrogen and oxygen atoms in total. The number of pyridine rings is 1. The zero-order valence-electron chi connectivity index (χ0n) is 15.4. The Morgan fingerprint density at radius 1 is 1.29 bits per heavy atom. The fourth-order valence-electron chi connectivity index (χ4n) is 3.29. The molecule has 28 heavy (non-hydrogen) atoms. The van der Waals surface area contributed by atoms with Crippen LogP contribution in [-0.4, -0.2) is 33.2 Å². The number of hydrogen-bond donors (Lipinski definition) is 1. The van der Waals surface area contributed by atoms with Gasteiger partial charge >= 0.3 is 0 Å². The highest BCUT2D eigenvalue weighted by Gasteiger charge is 2.34. The van der Waals surface area contributed by atoms with Crippen LogP contribution in [0.25, 0.3) is 0 Å². The van der Waals surface area contributed by atoms with Crippen LogP contribution in [-0.2, 0) is 24.3 Å². The van der Waals surface area contributed by atoms with Gasteiger partial charge in [-0.3, -0.25) is 14.6 Å². The topological polar surface area (TPSA) is 75.2 Å². The van der Waals surface area contributed by atoms with Gasteiger partial charge in [-0.1, -0.05) is 19.1 Å². The maximum absolute atomic E-state index is 13.0. The summed E-state index contributed by atoms with van der Waals surface area (Å²) < 4.78 is 0. The second-order valence-electron chi connectivity index (χ2n) is 6.57. The van der Waals surface area contributed by atoms with Gasteiger partial charge < -0.3 is 10.2 Å². The van der Waals surface area contributed by atoms with Gasteiger partial charge in [0.15, 0.2) is 0 Å². The van der Waals surface area contributed by atoms with Crippen molar-refractivity contribution in [2.75, 3.05) is 6.54 Å². The first kappa shape index (κ1) is 18.8. The SMILES string of the molecule is CCc1nc(CNC(=O)C2CN(C(=O)c3cccs3)Cc3cccnc32)cs1. The largest absolute Gasteiger partial charge is 0.350 e. The van der Waals surface area contributed by atoms with Crippen molar-refractivity contribution >= 4 is 34.5 Å². The predicted molar refractivity (Wildman–Crippen MR) is 109 cm³/mol. The smallest absolute Gasteiger partial charge is 0.264 e. The fourth-order valence-corrected chi connectivity index (χ4v) is 4.72. The summed E-state index contributed by atoms with van der Waals surface area (Å²) in [5.41, 5.74) is 2.53. The van der Waals surface area contributed by atoms with Gasteiger partial charge in [-0.2, -0.15) is 0 Å². The minimum absolute atomic E-state index is 0.0469. The molecule has 0 aromatic carbocycles. The molecule has 1 N–H and O–H groups in total. The number of aromatic nitrogens is 2. The summed E-state index contributed by atoms with van der Waals surface area (Å²) in [6, 6.07) is 7.45. The van der Waals surface area contributed by atoms with Gasteiger partial charge in [0.05, 0.1) is 33.7 Å². The fraction of sp³-hybridized carbons (Fsp3) is 0.300. The lowest BCUT2D eigenvalue weighted by atomic mass is 9.93. The first-order valence-corrected chi connectivity index (χ1v) is 10.9. The summed E-state index contributed by atoms with van der Waals surface area (Å²) in [6.45, 7) is 3.23. The van der Waals surface area contributed by atoms with Gasteiger partial charge in [0.25, 0.3) is 5.91 Å². The van der Waals surface area contributed by atoms with Gasteiger partial charge in [-0.05, 0) is 29.5 Å². The number of nitrogens with zero attached hydrogens (tertiary/aromatic N) is 3. The van der Waals surface area contributed by atoms with Crippen LogP contribution < -0.4 is 5.32 Å². The van der Waals surface area contributed by atoms with E-state index in [1.54, 1.807) is 22.4 Å². The molecule has 0 fully saturated rings. The van der Waals surface area contributed by atoms with E-state index in [1.165, 1.54) is 11.3 Å². The number of rotatable bonds is 5. The first-order valence-electron chi connectivity index (χ1n) is 9.13. The van der Waals surface area contributed by atoms with E-state index in [0.717, 1.165) is 28.4 Å². The van der Waals surface area contributed by atoms with E-state index < -0.39 is 5.92 Å². The number of fused-ring (bicyclic) bond motifs is 1. The van der Waals surface area contributed by atoms with Crippen LogP contribution in [0.2, 0.25) is 0 Å². The molecule has 0 aliphatic carbocycles. The summed E-state index contributed by atoms with van der Waals surface area (Å²) in [5, 5.41) is 7.88. The number of carbonyl (C=O) groups excluding carboxylic acids is 2. The van der Waals surface area contributed by atoms with Crippen molar-refractivity contribution in [3.8, 4) is 0 Å². The number of aryl methyl sites for hydroxylation is 1. The van der Waals surface area contributed by atoms with Gasteiger partial charge in [-0.15, -0.1) is 22.7 Å². The predicted octanol–water partition coefficient (Wildman–Crippen LogP) is 3.22. The molecule has 2 amide bonds. The first-order chi connectivity index (χ1) is 13.7. The van der Waals surface area contributed by atoms with Gasteiger partial charge in [-0.25, -0.2) is 4.98 Å². The molecule has 1 aliphatic heterocycles. The van der Waals surface area contributed by atoms with E-state index in [-0.39, 0.29) is 11.8 Å². The van der Waals surface area contributed by atoms with Crippen molar-refractivity contribution < 1.29 is 9.59 Å². The van der Waals surface area contributed by atoms with Crippen LogP contribution in [0.15, 0.2) is 41.2 Å². The van der Waals surface area contributed by atoms with Crippen molar-refractivity contribution in [2.45, 2.75) is 32.4 Å². The number of thiazole rings is 1. The van der Waals surface area contributed by atoms with Gasteiger partial charge in [0.2, 0.25) is 5.91 Å². The van der Waals surface area contributed by atoms with Crippen LogP contribution in [0, 0.1) is 0 Å². The van der Waals surface area contributed by atoms with Crippen LogP contribution >= 0.6 is 22.7 Å². The molecule has 1 aliphatic rings. The van der Waals surface area contributed by atoms with E-state index in [9.17, 15) is 9.59 Å². The minimum atomic E-state index is -0.488. The van der Waals surface area contributed by atoms with Crippen LogP contribution in [0.1, 0.15) is 44.5 Å². The number of thiophene rings is 1. The Bertz CT molecular complexity index is 984. The Labute approximate surface area is 171 Å². The molecule has 0 saturated heterocycles. The molecule has 144 valence electrons. The summed E-state index contributed by atoms with van der Waals surface area (Å²) in [4.78, 5) is 37.1. The average Bonchev–Trinajstić information content (AvgIpc) is 3.42. The molecule has 4 rings (SSSR count). The molecule has 0 saturated carbocycles. The van der Waals surface area contributed by atoms with E-state index in [0.29, 0.717) is 24.5 Å². The molecule has 8 heteroatoms. The Kier molecular flexibility index (Phi) is 5.50. The molecular formula is C20H20N4O2S2. The Morgan fingerprint density at radius 3 is 2.93 bits per heavy atom. The maximum atomic E-state index is 13.0. The molecule has 3 aromatic rings. The van der Waals surface area contributed by atoms with Crippen molar-refractivity contribution in [2.24, 2.45) is 0 Å². The normalized spacial score (nSPS) is 15.9. The highest BCUT2D eigenvalue weighted by Crippen LogP contribution is 2.28. The van der Waals surface area contributed by atoms with Crippen molar-refractivity contribution in [1.82, 2.24) is 20.2 Å². The zero-order valence-corrected chi connectivity index (χ0v) is 17.1. The highest BCUT2D eigenvalue weighted by molar-refractivity contribution is 7.12. The van der Waals surface area contributed by atoms with Crippen molar-refractivity contribution in [1.29, 1.82) is 0 Å². The average molecular weight is 413 g/mol. The Hall–Kier alpha value is -2.58. The monoisotopic (exact) mass is 412 g/mol. The van der Waals surface area contributed by atoms with Crippen molar-refractivity contribution in [3.05, 3.63) is 68.1 Å². The van der Waals surface area contributed by atoms with Crippen LogP contribution in [0.5, 0.6) is 0 Å². The Morgan fingerprint density at radius 2 is 2.18 bits per heavy atom. The second kappa shape index (κ2) is 8.20. The third-order valence-corrected chi connectivity index (χ3v) is 6.60. The van der Waals surface area contributed by atoms with Gasteiger partial charge in [0, 0.05) is 24.7 Å². The lowest BCUT2D eigenvalue weighted by Crippen LogP contribution is -2.44. The maximum Gasteiger partial charge on any atom is 0.264 e. The molecule has 0 radical (unpaired) electrons. The molecule has 3 aromatic heterocycles. The third kappa shape index (κ3) is 3.83. The van der Waals surface area contributed by atoms with E-state index in [1.807, 2.05) is 35.0 Å². The quantitative estimate of drug-likeness (QED) is 0.698. The third-order valence-electron chi connectivity index (χ3n) is 4.70. The zero-order chi connectivity index (χ0) is 19.5. The van der Waals surface area contributed by atoms with E-state index in [2.05, 4.69) is 22.2 Å². The minimum Gasteiger partial charge on any atom is -0.350 e. The highest BCUT2D eigenvalue weighted by atomic mass is 32.1. The molecular weight excluding hydrogens is 392 g/mol. The number of nitrogens with one attached hydrogen (secondary N) is 1. The lowest BCUT2D eigenvalue weighted by Gasteiger charge is -2.33. The second-order valence-corrected chi connectivity index (χ2v) is 8.46. The number of amides is 2. The molecule has 4 heterocycles. The van der Waals surface area contributed by atoms with Crippen LogP contribution in [0.4, 0.5) is 0 Å². The lowest BCUT2D eigenvalue weighted by molar-refractivity contribution is -0.123. The summed E-state index contributed by atoms with van der Waals surface area (Å²) in [5.74, 6) is -0.665. The standard InChI is InChI=1S/C20H20N4O2S2/c1-2-17-23-14(12-28-17)9-22-19(25)15-11-24(20(26)16-6-4-8-27-16)10-13-5-3-7-21-18(13)15/h3-8,12,15H,2,9-11H2,1H3,(H,22,25). The number of hydrogen-bond acceptors (Lipinski definition) is 6. The van der Waals surface area contributed by atoms with E-state index >= 15 is 0 Å².